The average molecular weight is 394 g/mol. The van der Waals surface area contributed by atoms with Crippen LogP contribution in [0.2, 0.25) is 0 Å². The molecule has 0 saturated carbocycles. The van der Waals surface area contributed by atoms with E-state index >= 15 is 0 Å². The summed E-state index contributed by atoms with van der Waals surface area (Å²) in [6.07, 6.45) is 2.62. The number of hydrogen-bond acceptors (Lipinski definition) is 4. The van der Waals surface area contributed by atoms with Gasteiger partial charge in [0.25, 0.3) is 0 Å². The molecule has 0 bridgehead atoms. The smallest absolute Gasteiger partial charge is 0.339 e. The average Bonchev–Trinajstić information content (AvgIpc) is 3.30. The molecule has 29 heavy (non-hydrogen) atoms. The van der Waals surface area contributed by atoms with Crippen molar-refractivity contribution in [3.8, 4) is 5.75 Å². The van der Waals surface area contributed by atoms with Crippen molar-refractivity contribution in [2.75, 3.05) is 37.7 Å². The Balaban J connectivity index is 1.37. The van der Waals surface area contributed by atoms with Gasteiger partial charge >= 0.3 is 5.97 Å². The second kappa shape index (κ2) is 8.55. The fraction of sp³-hybridized carbons (Fsp3) is 0.391. The number of fused-ring (bicyclic) bond motifs is 1. The van der Waals surface area contributed by atoms with Crippen molar-refractivity contribution in [2.24, 2.45) is 0 Å². The maximum Gasteiger partial charge on any atom is 0.339 e. The maximum absolute atomic E-state index is 11.9. The summed E-state index contributed by atoms with van der Waals surface area (Å²) in [6, 6.07) is 15.1. The van der Waals surface area contributed by atoms with Crippen molar-refractivity contribution in [1.29, 1.82) is 0 Å². The van der Waals surface area contributed by atoms with E-state index in [1.165, 1.54) is 11.3 Å². The van der Waals surface area contributed by atoms with Crippen LogP contribution in [0.15, 0.2) is 48.5 Å². The largest absolute Gasteiger partial charge is 0.491 e. The van der Waals surface area contributed by atoms with Crippen molar-refractivity contribution >= 4 is 17.6 Å². The van der Waals surface area contributed by atoms with E-state index in [1.54, 1.807) is 24.3 Å². The predicted molar refractivity (Wildman–Crippen MR) is 111 cm³/mol. The zero-order chi connectivity index (χ0) is 20.2. The Morgan fingerprint density at radius 1 is 1.07 bits per heavy atom. The van der Waals surface area contributed by atoms with E-state index in [0.717, 1.165) is 32.5 Å². The van der Waals surface area contributed by atoms with E-state index in [0.29, 0.717) is 31.2 Å². The monoisotopic (exact) mass is 394 g/mol. The van der Waals surface area contributed by atoms with E-state index in [1.807, 2.05) is 11.0 Å². The lowest BCUT2D eigenvalue weighted by atomic mass is 9.98. The number of carboxylic acids is 1. The molecule has 1 atom stereocenters. The molecule has 2 heterocycles. The molecule has 6 heteroatoms. The third kappa shape index (κ3) is 4.21. The van der Waals surface area contributed by atoms with Gasteiger partial charge in [-0.05, 0) is 36.6 Å². The first-order valence-corrected chi connectivity index (χ1v) is 10.2. The topological polar surface area (TPSA) is 70.1 Å². The number of para-hydroxylation sites is 2. The molecule has 2 aromatic carbocycles. The number of ether oxygens (including phenoxy) is 1. The van der Waals surface area contributed by atoms with Gasteiger partial charge < -0.3 is 19.6 Å². The molecule has 4 rings (SSSR count). The molecule has 0 spiro atoms. The van der Waals surface area contributed by atoms with Crippen LogP contribution in [0.3, 0.4) is 0 Å². The highest BCUT2D eigenvalue weighted by Crippen LogP contribution is 2.38. The maximum atomic E-state index is 11.9. The summed E-state index contributed by atoms with van der Waals surface area (Å²) >= 11 is 0. The normalized spacial score (nSPS) is 18.2. The molecule has 1 amide bonds. The number of carboxylic acid groups (broad SMARTS) is 1. The molecule has 2 aliphatic rings. The van der Waals surface area contributed by atoms with Crippen LogP contribution in [0, 0.1) is 0 Å². The Labute approximate surface area is 170 Å². The Morgan fingerprint density at radius 3 is 2.66 bits per heavy atom. The van der Waals surface area contributed by atoms with Crippen LogP contribution in [0.1, 0.15) is 41.1 Å². The van der Waals surface area contributed by atoms with Gasteiger partial charge in [0.05, 0.1) is 6.54 Å². The van der Waals surface area contributed by atoms with Crippen molar-refractivity contribution in [3.05, 3.63) is 59.7 Å². The molecule has 0 aliphatic carbocycles. The third-order valence-electron chi connectivity index (χ3n) is 5.81. The fourth-order valence-electron chi connectivity index (χ4n) is 4.33. The van der Waals surface area contributed by atoms with Crippen LogP contribution in [-0.4, -0.2) is 54.7 Å². The van der Waals surface area contributed by atoms with Gasteiger partial charge in [0.1, 0.15) is 17.9 Å². The molecule has 1 saturated heterocycles. The third-order valence-corrected chi connectivity index (χ3v) is 5.81. The quantitative estimate of drug-likeness (QED) is 0.743. The van der Waals surface area contributed by atoms with Crippen molar-refractivity contribution in [1.82, 2.24) is 4.90 Å². The second-order valence-electron chi connectivity index (χ2n) is 7.62. The van der Waals surface area contributed by atoms with E-state index in [2.05, 4.69) is 23.1 Å². The molecule has 2 aliphatic heterocycles. The standard InChI is InChI=1S/C23H26N2O4/c26-22-10-5-12-24(22)13-11-17-16-25(20-8-3-1-6-18(17)20)14-15-29-21-9-4-2-7-19(21)23(27)28/h1-4,6-9,17H,5,10-16H2,(H,27,28). The molecule has 1 fully saturated rings. The van der Waals surface area contributed by atoms with Crippen molar-refractivity contribution < 1.29 is 19.4 Å². The summed E-state index contributed by atoms with van der Waals surface area (Å²) in [6.45, 7) is 3.69. The van der Waals surface area contributed by atoms with E-state index in [4.69, 9.17) is 4.74 Å². The van der Waals surface area contributed by atoms with Gasteiger partial charge in [0.15, 0.2) is 0 Å². The van der Waals surface area contributed by atoms with E-state index in [-0.39, 0.29) is 11.5 Å². The Bertz CT molecular complexity index is 898. The highest BCUT2D eigenvalue weighted by molar-refractivity contribution is 5.90. The summed E-state index contributed by atoms with van der Waals surface area (Å²) < 4.78 is 5.79. The number of rotatable bonds is 8. The molecule has 2 aromatic rings. The second-order valence-corrected chi connectivity index (χ2v) is 7.62. The van der Waals surface area contributed by atoms with Gasteiger partial charge in [-0.15, -0.1) is 0 Å². The fourth-order valence-corrected chi connectivity index (χ4v) is 4.33. The van der Waals surface area contributed by atoms with Crippen LogP contribution >= 0.6 is 0 Å². The highest BCUT2D eigenvalue weighted by atomic mass is 16.5. The van der Waals surface area contributed by atoms with Gasteiger partial charge in [0, 0.05) is 37.7 Å². The van der Waals surface area contributed by atoms with Gasteiger partial charge in [-0.3, -0.25) is 4.79 Å². The van der Waals surface area contributed by atoms with Crippen LogP contribution in [0.25, 0.3) is 0 Å². The summed E-state index contributed by atoms with van der Waals surface area (Å²) in [7, 11) is 0. The molecule has 6 nitrogen and oxygen atoms in total. The van der Waals surface area contributed by atoms with E-state index in [9.17, 15) is 14.7 Å². The molecule has 1 unspecified atom stereocenters. The van der Waals surface area contributed by atoms with Gasteiger partial charge in [-0.25, -0.2) is 4.79 Å². The van der Waals surface area contributed by atoms with Crippen LogP contribution in [-0.2, 0) is 4.79 Å². The Hall–Kier alpha value is -3.02. The van der Waals surface area contributed by atoms with E-state index < -0.39 is 5.97 Å². The van der Waals surface area contributed by atoms with Crippen molar-refractivity contribution in [2.45, 2.75) is 25.2 Å². The van der Waals surface area contributed by atoms with Crippen LogP contribution in [0.4, 0.5) is 5.69 Å². The van der Waals surface area contributed by atoms with Gasteiger partial charge in [-0.2, -0.15) is 0 Å². The zero-order valence-electron chi connectivity index (χ0n) is 16.4. The summed E-state index contributed by atoms with van der Waals surface area (Å²) in [5, 5.41) is 9.29. The molecule has 1 N–H and O–H groups in total. The highest BCUT2D eigenvalue weighted by Gasteiger charge is 2.29. The Kier molecular flexibility index (Phi) is 5.69. The molecule has 0 aromatic heterocycles. The molecular weight excluding hydrogens is 368 g/mol. The van der Waals surface area contributed by atoms with Gasteiger partial charge in [-0.1, -0.05) is 30.3 Å². The number of nitrogens with zero attached hydrogens (tertiary/aromatic N) is 2. The lowest BCUT2D eigenvalue weighted by molar-refractivity contribution is -0.127. The first-order chi connectivity index (χ1) is 14.1. The number of amides is 1. The number of likely N-dealkylation sites (tertiary alicyclic amines) is 1. The van der Waals surface area contributed by atoms with Gasteiger partial charge in [0.2, 0.25) is 5.91 Å². The lowest BCUT2D eigenvalue weighted by Crippen LogP contribution is -2.30. The minimum absolute atomic E-state index is 0.183. The number of hydrogen-bond donors (Lipinski definition) is 1. The number of benzene rings is 2. The first-order valence-electron chi connectivity index (χ1n) is 10.2. The summed E-state index contributed by atoms with van der Waals surface area (Å²) in [5.41, 5.74) is 2.72. The lowest BCUT2D eigenvalue weighted by Gasteiger charge is -2.21. The van der Waals surface area contributed by atoms with Crippen LogP contribution < -0.4 is 9.64 Å². The first kappa shape index (κ1) is 19.3. The minimum Gasteiger partial charge on any atom is -0.491 e. The SMILES string of the molecule is O=C(O)c1ccccc1OCCN1CC(CCN2CCCC2=O)c2ccccc21. The molecule has 152 valence electrons. The summed E-state index contributed by atoms with van der Waals surface area (Å²) in [5.74, 6) is 0.0877. The number of carbonyl (C=O) groups is 2. The molecule has 0 radical (unpaired) electrons. The van der Waals surface area contributed by atoms with Crippen LogP contribution in [0.5, 0.6) is 5.75 Å². The zero-order valence-corrected chi connectivity index (χ0v) is 16.4. The van der Waals surface area contributed by atoms with Crippen molar-refractivity contribution in [3.63, 3.8) is 0 Å². The summed E-state index contributed by atoms with van der Waals surface area (Å²) in [4.78, 5) is 27.5. The Morgan fingerprint density at radius 2 is 1.86 bits per heavy atom. The number of aromatic carboxylic acids is 1. The predicted octanol–water partition coefficient (Wildman–Crippen LogP) is 3.38. The number of anilines is 1. The minimum atomic E-state index is -0.983. The molecular formula is C23H26N2O4. The number of carbonyl (C=O) groups excluding carboxylic acids is 1.